The van der Waals surface area contributed by atoms with Crippen molar-refractivity contribution in [3.05, 3.63) is 29.8 Å². The summed E-state index contributed by atoms with van der Waals surface area (Å²) in [6.07, 6.45) is 6.13. The third-order valence-electron chi connectivity index (χ3n) is 6.33. The quantitative estimate of drug-likeness (QED) is 0.839. The normalized spacial score (nSPS) is 23.9. The molecule has 1 saturated carbocycles. The summed E-state index contributed by atoms with van der Waals surface area (Å²) in [7, 11) is 0. The molecule has 0 aromatic heterocycles. The minimum absolute atomic E-state index is 0.0681. The van der Waals surface area contributed by atoms with Gasteiger partial charge in [0.2, 0.25) is 11.8 Å². The molecule has 2 aliphatic heterocycles. The first kappa shape index (κ1) is 18.5. The zero-order valence-corrected chi connectivity index (χ0v) is 16.3. The second-order valence-electron chi connectivity index (χ2n) is 8.38. The van der Waals surface area contributed by atoms with Crippen LogP contribution < -0.4 is 10.2 Å². The molecule has 27 heavy (non-hydrogen) atoms. The Bertz CT molecular complexity index is 675. The average molecular weight is 370 g/mol. The summed E-state index contributed by atoms with van der Waals surface area (Å²) < 4.78 is 0. The predicted molar refractivity (Wildman–Crippen MR) is 107 cm³/mol. The van der Waals surface area contributed by atoms with Gasteiger partial charge in [-0.2, -0.15) is 0 Å². The summed E-state index contributed by atoms with van der Waals surface area (Å²) >= 11 is 0. The first-order valence-electron chi connectivity index (χ1n) is 10.6. The van der Waals surface area contributed by atoms with Gasteiger partial charge >= 0.3 is 0 Å². The summed E-state index contributed by atoms with van der Waals surface area (Å²) in [4.78, 5) is 29.2. The number of carbonyl (C=O) groups is 2. The van der Waals surface area contributed by atoms with E-state index in [4.69, 9.17) is 0 Å². The van der Waals surface area contributed by atoms with Crippen molar-refractivity contribution in [3.63, 3.8) is 0 Å². The number of anilines is 1. The van der Waals surface area contributed by atoms with Crippen LogP contribution >= 0.6 is 0 Å². The molecule has 0 radical (unpaired) electrons. The third-order valence-corrected chi connectivity index (χ3v) is 6.33. The van der Waals surface area contributed by atoms with Crippen molar-refractivity contribution in [1.29, 1.82) is 0 Å². The van der Waals surface area contributed by atoms with Gasteiger partial charge in [-0.05, 0) is 62.3 Å². The molecule has 2 saturated heterocycles. The summed E-state index contributed by atoms with van der Waals surface area (Å²) in [6, 6.07) is 8.68. The number of benzene rings is 1. The van der Waals surface area contributed by atoms with Crippen molar-refractivity contribution in [2.45, 2.75) is 51.5 Å². The smallest absolute Gasteiger partial charge is 0.228 e. The summed E-state index contributed by atoms with van der Waals surface area (Å²) in [5.41, 5.74) is 2.17. The molecule has 0 bridgehead atoms. The van der Waals surface area contributed by atoms with Crippen molar-refractivity contribution in [2.75, 3.05) is 31.1 Å². The molecule has 1 aromatic carbocycles. The molecular weight excluding hydrogens is 338 g/mol. The van der Waals surface area contributed by atoms with Crippen molar-refractivity contribution in [1.82, 2.24) is 10.2 Å². The molecule has 3 aliphatic rings. The molecule has 1 aliphatic carbocycles. The Morgan fingerprint density at radius 3 is 2.44 bits per heavy atom. The van der Waals surface area contributed by atoms with Gasteiger partial charge in [0.25, 0.3) is 0 Å². The lowest BCUT2D eigenvalue weighted by molar-refractivity contribution is -0.136. The highest BCUT2D eigenvalue weighted by molar-refractivity contribution is 6.00. The number of carbonyl (C=O) groups excluding carboxylic acids is 2. The molecule has 1 unspecified atom stereocenters. The maximum absolute atomic E-state index is 12.9. The SMILES string of the molecule is CCc1ccc(N2CC(C(=O)N3CCC(NCC4CC4)CC3)CC2=O)cc1. The van der Waals surface area contributed by atoms with Gasteiger partial charge in [-0.3, -0.25) is 9.59 Å². The second kappa shape index (κ2) is 8.01. The van der Waals surface area contributed by atoms with Crippen molar-refractivity contribution in [3.8, 4) is 0 Å². The minimum Gasteiger partial charge on any atom is -0.342 e. The number of aryl methyl sites for hydroxylation is 1. The Labute approximate surface area is 162 Å². The van der Waals surface area contributed by atoms with Gasteiger partial charge in [0, 0.05) is 37.8 Å². The largest absolute Gasteiger partial charge is 0.342 e. The molecular formula is C22H31N3O2. The molecule has 5 heteroatoms. The van der Waals surface area contributed by atoms with E-state index in [-0.39, 0.29) is 17.7 Å². The lowest BCUT2D eigenvalue weighted by atomic mass is 10.0. The summed E-state index contributed by atoms with van der Waals surface area (Å²) in [6.45, 7) is 5.41. The van der Waals surface area contributed by atoms with E-state index >= 15 is 0 Å². The molecule has 1 aromatic rings. The van der Waals surface area contributed by atoms with Gasteiger partial charge in [-0.1, -0.05) is 19.1 Å². The zero-order valence-electron chi connectivity index (χ0n) is 16.3. The number of nitrogens with zero attached hydrogens (tertiary/aromatic N) is 2. The maximum Gasteiger partial charge on any atom is 0.228 e. The van der Waals surface area contributed by atoms with Gasteiger partial charge in [0.05, 0.1) is 5.92 Å². The highest BCUT2D eigenvalue weighted by Crippen LogP contribution is 2.29. The molecule has 2 heterocycles. The maximum atomic E-state index is 12.9. The molecule has 146 valence electrons. The molecule has 3 fully saturated rings. The Morgan fingerprint density at radius 2 is 1.81 bits per heavy atom. The van der Waals surface area contributed by atoms with Gasteiger partial charge < -0.3 is 15.1 Å². The fraction of sp³-hybridized carbons (Fsp3) is 0.636. The number of likely N-dealkylation sites (tertiary alicyclic amines) is 1. The van der Waals surface area contributed by atoms with E-state index in [1.165, 1.54) is 18.4 Å². The van der Waals surface area contributed by atoms with Crippen LogP contribution in [-0.4, -0.2) is 48.9 Å². The van der Waals surface area contributed by atoms with Gasteiger partial charge in [-0.15, -0.1) is 0 Å². The summed E-state index contributed by atoms with van der Waals surface area (Å²) in [5, 5.41) is 3.66. The predicted octanol–water partition coefficient (Wildman–Crippen LogP) is 2.59. The first-order valence-corrected chi connectivity index (χ1v) is 10.6. The number of rotatable bonds is 6. The lowest BCUT2D eigenvalue weighted by Gasteiger charge is -2.34. The highest BCUT2D eigenvalue weighted by atomic mass is 16.2. The van der Waals surface area contributed by atoms with E-state index in [0.717, 1.165) is 50.5 Å². The van der Waals surface area contributed by atoms with E-state index in [2.05, 4.69) is 24.4 Å². The third kappa shape index (κ3) is 4.34. The molecule has 1 N–H and O–H groups in total. The monoisotopic (exact) mass is 369 g/mol. The number of hydrogen-bond donors (Lipinski definition) is 1. The topological polar surface area (TPSA) is 52.7 Å². The number of piperidine rings is 1. The highest BCUT2D eigenvalue weighted by Gasteiger charge is 2.38. The first-order chi connectivity index (χ1) is 13.1. The van der Waals surface area contributed by atoms with Gasteiger partial charge in [0.1, 0.15) is 0 Å². The van der Waals surface area contributed by atoms with Crippen LogP contribution in [-0.2, 0) is 16.0 Å². The van der Waals surface area contributed by atoms with E-state index in [1.807, 2.05) is 17.0 Å². The molecule has 4 rings (SSSR count). The van der Waals surface area contributed by atoms with Crippen LogP contribution in [0.15, 0.2) is 24.3 Å². The molecule has 2 amide bonds. The van der Waals surface area contributed by atoms with Gasteiger partial charge in [-0.25, -0.2) is 0 Å². The number of amides is 2. The van der Waals surface area contributed by atoms with Crippen LogP contribution in [0.2, 0.25) is 0 Å². The second-order valence-corrected chi connectivity index (χ2v) is 8.38. The van der Waals surface area contributed by atoms with E-state index in [9.17, 15) is 9.59 Å². The molecule has 1 atom stereocenters. The Hall–Kier alpha value is -1.88. The van der Waals surface area contributed by atoms with Crippen LogP contribution in [0.4, 0.5) is 5.69 Å². The lowest BCUT2D eigenvalue weighted by Crippen LogP contribution is -2.47. The Balaban J connectivity index is 1.29. The van der Waals surface area contributed by atoms with Crippen LogP contribution in [0.5, 0.6) is 0 Å². The van der Waals surface area contributed by atoms with Crippen LogP contribution in [0.25, 0.3) is 0 Å². The standard InChI is InChI=1S/C22H31N3O2/c1-2-16-5-7-20(8-6-16)25-15-18(13-21(25)26)22(27)24-11-9-19(10-12-24)23-14-17-3-4-17/h5-8,17-19,23H,2-4,9-15H2,1H3. The van der Waals surface area contributed by atoms with Crippen molar-refractivity contribution < 1.29 is 9.59 Å². The number of nitrogens with one attached hydrogen (secondary N) is 1. The van der Waals surface area contributed by atoms with E-state index in [0.29, 0.717) is 19.0 Å². The number of hydrogen-bond acceptors (Lipinski definition) is 3. The van der Waals surface area contributed by atoms with Crippen molar-refractivity contribution in [2.24, 2.45) is 11.8 Å². The van der Waals surface area contributed by atoms with Crippen molar-refractivity contribution >= 4 is 17.5 Å². The Morgan fingerprint density at radius 1 is 1.11 bits per heavy atom. The minimum atomic E-state index is -0.195. The molecule has 0 spiro atoms. The van der Waals surface area contributed by atoms with Crippen LogP contribution in [0, 0.1) is 11.8 Å². The fourth-order valence-corrected chi connectivity index (χ4v) is 4.25. The van der Waals surface area contributed by atoms with Crippen LogP contribution in [0.3, 0.4) is 0 Å². The van der Waals surface area contributed by atoms with E-state index in [1.54, 1.807) is 4.90 Å². The molecule has 5 nitrogen and oxygen atoms in total. The van der Waals surface area contributed by atoms with E-state index < -0.39 is 0 Å². The summed E-state index contributed by atoms with van der Waals surface area (Å²) in [5.74, 6) is 0.932. The van der Waals surface area contributed by atoms with Gasteiger partial charge in [0.15, 0.2) is 0 Å². The Kier molecular flexibility index (Phi) is 5.48. The zero-order chi connectivity index (χ0) is 18.8. The fourth-order valence-electron chi connectivity index (χ4n) is 4.25. The van der Waals surface area contributed by atoms with Crippen LogP contribution in [0.1, 0.15) is 44.6 Å². The average Bonchev–Trinajstić information content (AvgIpc) is 3.46.